The van der Waals surface area contributed by atoms with Crippen molar-refractivity contribution in [1.82, 2.24) is 5.32 Å². The van der Waals surface area contributed by atoms with Crippen LogP contribution in [0.1, 0.15) is 226 Å². The number of ether oxygens (including phenoxy) is 1. The first kappa shape index (κ1) is 58.0. The lowest BCUT2D eigenvalue weighted by Crippen LogP contribution is -2.46. The van der Waals surface area contributed by atoms with Crippen molar-refractivity contribution in [3.63, 3.8) is 0 Å². The van der Waals surface area contributed by atoms with Gasteiger partial charge in [-0.15, -0.1) is 0 Å². The number of hydrogen-bond donors (Lipinski definition) is 3. The van der Waals surface area contributed by atoms with Crippen LogP contribution in [0.5, 0.6) is 0 Å². The van der Waals surface area contributed by atoms with Crippen LogP contribution in [0, 0.1) is 0 Å². The standard InChI is InChI=1S/C55H95NO5/c1-4-7-10-13-16-19-22-24-25-26-27-28-30-33-36-39-42-45-48-55(60)61-51(46-43-40-37-34-31-21-18-15-12-9-6-3)49-54(59)56-52(50-57)53(58)47-44-41-38-35-32-29-23-20-17-14-11-8-5-2/h10,13,16,19,22,24-28,34,37,43,46,51-53,57-58H,4-9,11-12,14-15,17-18,20-21,23,29-33,35-36,38-42,44-45,47-50H2,1-3H3,(H,56,59)/b13-10+,19-16+,24-22+,26-25+,28-27+,37-34-,46-43+. The fraction of sp³-hybridized carbons (Fsp3) is 0.709. The Balaban J connectivity index is 4.67. The number of unbranched alkanes of at least 4 members (excludes halogenated alkanes) is 24. The Hall–Kier alpha value is -2.96. The van der Waals surface area contributed by atoms with Gasteiger partial charge in [0, 0.05) is 6.42 Å². The van der Waals surface area contributed by atoms with Crippen molar-refractivity contribution in [1.29, 1.82) is 0 Å². The molecular formula is C55H95NO5. The molecule has 0 rings (SSSR count). The van der Waals surface area contributed by atoms with Crippen molar-refractivity contribution in [2.24, 2.45) is 0 Å². The highest BCUT2D eigenvalue weighted by Crippen LogP contribution is 2.16. The fourth-order valence-electron chi connectivity index (χ4n) is 7.19. The maximum absolute atomic E-state index is 13.1. The monoisotopic (exact) mass is 850 g/mol. The zero-order valence-corrected chi connectivity index (χ0v) is 39.8. The van der Waals surface area contributed by atoms with Crippen LogP contribution in [-0.2, 0) is 14.3 Å². The summed E-state index contributed by atoms with van der Waals surface area (Å²) in [5.74, 6) is -0.636. The molecule has 1 amide bonds. The predicted octanol–water partition coefficient (Wildman–Crippen LogP) is 15.2. The molecule has 0 aliphatic heterocycles. The van der Waals surface area contributed by atoms with Crippen molar-refractivity contribution in [2.45, 2.75) is 244 Å². The number of aliphatic hydroxyl groups is 2. The molecule has 350 valence electrons. The van der Waals surface area contributed by atoms with Crippen molar-refractivity contribution in [3.05, 3.63) is 85.1 Å². The van der Waals surface area contributed by atoms with E-state index in [1.54, 1.807) is 0 Å². The highest BCUT2D eigenvalue weighted by molar-refractivity contribution is 5.78. The maximum Gasteiger partial charge on any atom is 0.306 e. The summed E-state index contributed by atoms with van der Waals surface area (Å²) in [6.45, 7) is 6.34. The molecule has 3 N–H and O–H groups in total. The van der Waals surface area contributed by atoms with E-state index in [-0.39, 0.29) is 24.9 Å². The van der Waals surface area contributed by atoms with E-state index in [9.17, 15) is 19.8 Å². The van der Waals surface area contributed by atoms with Gasteiger partial charge in [-0.2, -0.15) is 0 Å². The first-order chi connectivity index (χ1) is 30.0. The number of esters is 1. The first-order valence-corrected chi connectivity index (χ1v) is 25.4. The van der Waals surface area contributed by atoms with E-state index in [0.717, 1.165) is 70.6 Å². The lowest BCUT2D eigenvalue weighted by molar-refractivity contribution is -0.148. The molecule has 0 bridgehead atoms. The van der Waals surface area contributed by atoms with Crippen LogP contribution in [0.3, 0.4) is 0 Å². The van der Waals surface area contributed by atoms with Gasteiger partial charge in [0.25, 0.3) is 0 Å². The van der Waals surface area contributed by atoms with Crippen LogP contribution >= 0.6 is 0 Å². The first-order valence-electron chi connectivity index (χ1n) is 25.4. The number of rotatable bonds is 44. The summed E-state index contributed by atoms with van der Waals surface area (Å²) >= 11 is 0. The third kappa shape index (κ3) is 43.5. The van der Waals surface area contributed by atoms with Gasteiger partial charge in [0.2, 0.25) is 5.91 Å². The molecule has 0 aliphatic rings. The second kappa shape index (κ2) is 48.1. The molecule has 0 saturated carbocycles. The number of nitrogens with one attached hydrogen (secondary N) is 1. The number of amides is 1. The Morgan fingerprint density at radius 1 is 0.508 bits per heavy atom. The van der Waals surface area contributed by atoms with Crippen LogP contribution in [0.25, 0.3) is 0 Å². The Bertz CT molecular complexity index is 1180. The second-order valence-corrected chi connectivity index (χ2v) is 17.0. The van der Waals surface area contributed by atoms with Crippen molar-refractivity contribution >= 4 is 11.9 Å². The smallest absolute Gasteiger partial charge is 0.306 e. The molecule has 0 fully saturated rings. The lowest BCUT2D eigenvalue weighted by Gasteiger charge is -2.23. The summed E-state index contributed by atoms with van der Waals surface area (Å²) in [6, 6.07) is -0.741. The summed E-state index contributed by atoms with van der Waals surface area (Å²) in [7, 11) is 0. The molecule has 0 aromatic heterocycles. The Morgan fingerprint density at radius 3 is 1.49 bits per heavy atom. The SMILES string of the molecule is CCC/C=C/C=C/C=C/C=C/C=C/CCCCCCCC(=O)OC(/C=C/C/C=C\CCCCCCCC)CC(=O)NC(CO)C(O)CCCCCCCCCCCCCCC. The van der Waals surface area contributed by atoms with E-state index in [1.165, 1.54) is 109 Å². The van der Waals surface area contributed by atoms with Crippen molar-refractivity contribution in [3.8, 4) is 0 Å². The van der Waals surface area contributed by atoms with E-state index in [2.05, 4.69) is 74.7 Å². The van der Waals surface area contributed by atoms with Crippen LogP contribution < -0.4 is 5.32 Å². The number of allylic oxidation sites excluding steroid dienone is 13. The van der Waals surface area contributed by atoms with Crippen molar-refractivity contribution in [2.75, 3.05) is 6.61 Å². The molecule has 0 saturated heterocycles. The second-order valence-electron chi connectivity index (χ2n) is 17.0. The van der Waals surface area contributed by atoms with Crippen LogP contribution in [-0.4, -0.2) is 46.9 Å². The summed E-state index contributed by atoms with van der Waals surface area (Å²) in [5, 5.41) is 23.7. The molecule has 0 aromatic rings. The Labute approximate surface area is 376 Å². The van der Waals surface area contributed by atoms with Crippen LogP contribution in [0.4, 0.5) is 0 Å². The largest absolute Gasteiger partial charge is 0.458 e. The van der Waals surface area contributed by atoms with Crippen LogP contribution in [0.15, 0.2) is 85.1 Å². The van der Waals surface area contributed by atoms with Gasteiger partial charge in [0.1, 0.15) is 6.10 Å². The third-order valence-electron chi connectivity index (χ3n) is 11.1. The van der Waals surface area contributed by atoms with Gasteiger partial charge in [-0.1, -0.05) is 241 Å². The molecule has 6 nitrogen and oxygen atoms in total. The minimum absolute atomic E-state index is 0.0432. The summed E-state index contributed by atoms with van der Waals surface area (Å²) in [4.78, 5) is 26.0. The molecular weight excluding hydrogens is 755 g/mol. The van der Waals surface area contributed by atoms with Crippen LogP contribution in [0.2, 0.25) is 0 Å². The molecule has 0 spiro atoms. The zero-order valence-electron chi connectivity index (χ0n) is 39.8. The van der Waals surface area contributed by atoms with Gasteiger partial charge in [-0.3, -0.25) is 9.59 Å². The van der Waals surface area contributed by atoms with Gasteiger partial charge in [-0.25, -0.2) is 0 Å². The van der Waals surface area contributed by atoms with Crippen molar-refractivity contribution < 1.29 is 24.5 Å². The molecule has 3 unspecified atom stereocenters. The Kier molecular flexibility index (Phi) is 45.7. The molecule has 6 heteroatoms. The minimum Gasteiger partial charge on any atom is -0.458 e. The third-order valence-corrected chi connectivity index (χ3v) is 11.1. The predicted molar refractivity (Wildman–Crippen MR) is 264 cm³/mol. The van der Waals surface area contributed by atoms with Gasteiger partial charge in [-0.05, 0) is 57.4 Å². The Morgan fingerprint density at radius 2 is 0.967 bits per heavy atom. The van der Waals surface area contributed by atoms with E-state index in [0.29, 0.717) is 19.3 Å². The molecule has 61 heavy (non-hydrogen) atoms. The summed E-state index contributed by atoms with van der Waals surface area (Å²) in [6.07, 6.45) is 62.4. The number of carbonyl (C=O) groups excluding carboxylic acids is 2. The van der Waals surface area contributed by atoms with Gasteiger partial charge < -0.3 is 20.3 Å². The number of aliphatic hydroxyl groups excluding tert-OH is 2. The molecule has 0 heterocycles. The minimum atomic E-state index is -0.819. The van der Waals surface area contributed by atoms with E-state index >= 15 is 0 Å². The van der Waals surface area contributed by atoms with Gasteiger partial charge in [0.15, 0.2) is 0 Å². The summed E-state index contributed by atoms with van der Waals surface area (Å²) in [5.41, 5.74) is 0. The average Bonchev–Trinajstić information content (AvgIpc) is 3.25. The lowest BCUT2D eigenvalue weighted by atomic mass is 10.0. The molecule has 3 atom stereocenters. The van der Waals surface area contributed by atoms with E-state index in [1.807, 2.05) is 36.5 Å². The maximum atomic E-state index is 13.1. The average molecular weight is 850 g/mol. The van der Waals surface area contributed by atoms with E-state index in [4.69, 9.17) is 4.74 Å². The quantitative estimate of drug-likeness (QED) is 0.0246. The zero-order chi connectivity index (χ0) is 44.5. The van der Waals surface area contributed by atoms with E-state index < -0.39 is 18.2 Å². The number of carbonyl (C=O) groups is 2. The highest BCUT2D eigenvalue weighted by atomic mass is 16.5. The topological polar surface area (TPSA) is 95.9 Å². The van der Waals surface area contributed by atoms with Gasteiger partial charge >= 0.3 is 5.97 Å². The fourth-order valence-corrected chi connectivity index (χ4v) is 7.19. The molecule has 0 aliphatic carbocycles. The number of hydrogen-bond acceptors (Lipinski definition) is 5. The normalized spacial score (nSPS) is 14.0. The molecule has 0 radical (unpaired) electrons. The highest BCUT2D eigenvalue weighted by Gasteiger charge is 2.23. The molecule has 0 aromatic carbocycles. The van der Waals surface area contributed by atoms with Gasteiger partial charge in [0.05, 0.1) is 25.2 Å². The summed E-state index contributed by atoms with van der Waals surface area (Å²) < 4.78 is 5.81.